The summed E-state index contributed by atoms with van der Waals surface area (Å²) in [7, 11) is 0. The monoisotopic (exact) mass is 359 g/mol. The summed E-state index contributed by atoms with van der Waals surface area (Å²) >= 11 is 12.0. The zero-order chi connectivity index (χ0) is 17.1. The average molecular weight is 360 g/mol. The Morgan fingerprint density at radius 3 is 2.75 bits per heavy atom. The van der Waals surface area contributed by atoms with Crippen molar-refractivity contribution in [3.63, 3.8) is 0 Å². The molecule has 3 rings (SSSR count). The molecule has 0 bridgehead atoms. The van der Waals surface area contributed by atoms with Crippen LogP contribution in [0.4, 0.5) is 0 Å². The Morgan fingerprint density at radius 1 is 1.17 bits per heavy atom. The number of carbonyl (C=O) groups is 1. The highest BCUT2D eigenvalue weighted by molar-refractivity contribution is 6.37. The lowest BCUT2D eigenvalue weighted by Gasteiger charge is -2.07. The van der Waals surface area contributed by atoms with Gasteiger partial charge in [-0.15, -0.1) is 0 Å². The van der Waals surface area contributed by atoms with Gasteiger partial charge in [0.1, 0.15) is 6.54 Å². The second-order valence-corrected chi connectivity index (χ2v) is 6.20. The Hall–Kier alpha value is -2.30. The van der Waals surface area contributed by atoms with Crippen LogP contribution in [0.3, 0.4) is 0 Å². The van der Waals surface area contributed by atoms with E-state index in [2.05, 4.69) is 10.5 Å². The molecule has 0 fully saturated rings. The predicted octanol–water partition coefficient (Wildman–Crippen LogP) is 4.49. The number of nitrogens with zero attached hydrogens (tertiary/aromatic N) is 2. The van der Waals surface area contributed by atoms with Gasteiger partial charge in [-0.25, -0.2) is 5.43 Å². The zero-order valence-corrected chi connectivity index (χ0v) is 14.5. The molecule has 1 heterocycles. The van der Waals surface area contributed by atoms with Crippen molar-refractivity contribution < 1.29 is 4.79 Å². The molecule has 0 radical (unpaired) electrons. The molecule has 0 saturated heterocycles. The highest BCUT2D eigenvalue weighted by Gasteiger charge is 2.07. The van der Waals surface area contributed by atoms with Gasteiger partial charge in [0.05, 0.1) is 10.7 Å². The van der Waals surface area contributed by atoms with Crippen LogP contribution in [0.15, 0.2) is 59.8 Å². The Balaban J connectivity index is 1.70. The number of hydrazone groups is 1. The van der Waals surface area contributed by atoms with Gasteiger partial charge in [0.25, 0.3) is 5.91 Å². The summed E-state index contributed by atoms with van der Waals surface area (Å²) in [5, 5.41) is 6.27. The van der Waals surface area contributed by atoms with Crippen LogP contribution < -0.4 is 5.43 Å². The molecule has 1 aromatic heterocycles. The molecule has 0 saturated carbocycles. The summed E-state index contributed by atoms with van der Waals surface area (Å²) in [5.41, 5.74) is 4.91. The number of hydrogen-bond donors (Lipinski definition) is 1. The summed E-state index contributed by atoms with van der Waals surface area (Å²) in [6.45, 7) is 1.97. The van der Waals surface area contributed by atoms with E-state index < -0.39 is 0 Å². The molecule has 0 aliphatic heterocycles. The van der Waals surface area contributed by atoms with Crippen LogP contribution in [0.25, 0.3) is 10.9 Å². The average Bonchev–Trinajstić information content (AvgIpc) is 2.96. The van der Waals surface area contributed by atoms with Crippen LogP contribution in [-0.2, 0) is 11.3 Å². The summed E-state index contributed by atoms with van der Waals surface area (Å²) in [5.74, 6) is -0.208. The number of para-hydroxylation sites is 1. The van der Waals surface area contributed by atoms with Crippen LogP contribution in [0.1, 0.15) is 12.5 Å². The molecule has 0 aliphatic rings. The molecule has 122 valence electrons. The minimum absolute atomic E-state index is 0.193. The molecule has 0 unspecified atom stereocenters. The lowest BCUT2D eigenvalue weighted by atomic mass is 10.1. The molecule has 0 aliphatic carbocycles. The van der Waals surface area contributed by atoms with E-state index in [0.717, 1.165) is 16.5 Å². The smallest absolute Gasteiger partial charge is 0.259 e. The van der Waals surface area contributed by atoms with Crippen molar-refractivity contribution in [3.05, 3.63) is 70.3 Å². The first-order chi connectivity index (χ1) is 11.5. The van der Waals surface area contributed by atoms with Crippen molar-refractivity contribution in [2.24, 2.45) is 5.10 Å². The molecule has 0 spiro atoms. The topological polar surface area (TPSA) is 46.4 Å². The van der Waals surface area contributed by atoms with Gasteiger partial charge in [-0.05, 0) is 36.6 Å². The third-order valence-electron chi connectivity index (χ3n) is 3.66. The van der Waals surface area contributed by atoms with Crippen molar-refractivity contribution in [3.8, 4) is 0 Å². The van der Waals surface area contributed by atoms with Gasteiger partial charge in [-0.2, -0.15) is 5.10 Å². The van der Waals surface area contributed by atoms with Crippen LogP contribution in [-0.4, -0.2) is 16.2 Å². The molecule has 4 nitrogen and oxygen atoms in total. The molecule has 1 amide bonds. The maximum absolute atomic E-state index is 12.1. The standard InChI is InChI=1S/C18H15Cl2N3O/c1-12(15-7-6-14(19)10-16(15)20)21-22-18(24)11-23-9-8-13-4-2-3-5-17(13)23/h2-10H,11H2,1H3,(H,22,24)/b21-12+. The molecular formula is C18H15Cl2N3O. The SMILES string of the molecule is C/C(=N\NC(=O)Cn1ccc2ccccc21)c1ccc(Cl)cc1Cl. The fourth-order valence-electron chi connectivity index (χ4n) is 2.46. The fraction of sp³-hybridized carbons (Fsp3) is 0.111. The Morgan fingerprint density at radius 2 is 1.96 bits per heavy atom. The molecule has 24 heavy (non-hydrogen) atoms. The largest absolute Gasteiger partial charge is 0.338 e. The van der Waals surface area contributed by atoms with E-state index in [1.807, 2.05) is 41.1 Å². The number of fused-ring (bicyclic) bond motifs is 1. The Kier molecular flexibility index (Phi) is 4.88. The van der Waals surface area contributed by atoms with Gasteiger partial charge in [0, 0.05) is 22.3 Å². The van der Waals surface area contributed by atoms with E-state index in [4.69, 9.17) is 23.2 Å². The van der Waals surface area contributed by atoms with Gasteiger partial charge >= 0.3 is 0 Å². The fourth-order valence-corrected chi connectivity index (χ4v) is 3.00. The molecule has 2 aromatic carbocycles. The van der Waals surface area contributed by atoms with Crippen LogP contribution in [0, 0.1) is 0 Å². The van der Waals surface area contributed by atoms with E-state index >= 15 is 0 Å². The third-order valence-corrected chi connectivity index (χ3v) is 4.21. The highest BCUT2D eigenvalue weighted by Crippen LogP contribution is 2.21. The third kappa shape index (κ3) is 3.61. The number of rotatable bonds is 4. The number of aromatic nitrogens is 1. The van der Waals surface area contributed by atoms with E-state index in [0.29, 0.717) is 15.8 Å². The second kappa shape index (κ2) is 7.07. The quantitative estimate of drug-likeness (QED) is 0.541. The van der Waals surface area contributed by atoms with Crippen molar-refractivity contribution in [1.29, 1.82) is 0 Å². The lowest BCUT2D eigenvalue weighted by Crippen LogP contribution is -2.24. The maximum Gasteiger partial charge on any atom is 0.259 e. The van der Waals surface area contributed by atoms with Crippen LogP contribution in [0.2, 0.25) is 10.0 Å². The van der Waals surface area contributed by atoms with Crippen molar-refractivity contribution >= 4 is 45.7 Å². The van der Waals surface area contributed by atoms with Crippen molar-refractivity contribution in [2.45, 2.75) is 13.5 Å². The van der Waals surface area contributed by atoms with Gasteiger partial charge in [-0.1, -0.05) is 47.5 Å². The number of nitrogens with one attached hydrogen (secondary N) is 1. The number of amides is 1. The molecular weight excluding hydrogens is 345 g/mol. The highest BCUT2D eigenvalue weighted by atomic mass is 35.5. The minimum Gasteiger partial charge on any atom is -0.338 e. The zero-order valence-electron chi connectivity index (χ0n) is 13.0. The number of hydrogen-bond acceptors (Lipinski definition) is 2. The van der Waals surface area contributed by atoms with E-state index in [1.165, 1.54) is 0 Å². The van der Waals surface area contributed by atoms with E-state index in [-0.39, 0.29) is 12.5 Å². The normalized spacial score (nSPS) is 11.7. The van der Waals surface area contributed by atoms with Crippen molar-refractivity contribution in [2.75, 3.05) is 0 Å². The van der Waals surface area contributed by atoms with Gasteiger partial charge in [-0.3, -0.25) is 4.79 Å². The first-order valence-electron chi connectivity index (χ1n) is 7.37. The first-order valence-corrected chi connectivity index (χ1v) is 8.12. The Labute approximate surface area is 149 Å². The van der Waals surface area contributed by atoms with Crippen LogP contribution in [0.5, 0.6) is 0 Å². The second-order valence-electron chi connectivity index (χ2n) is 5.36. The Bertz CT molecular complexity index is 931. The maximum atomic E-state index is 12.1. The molecule has 0 atom stereocenters. The number of halogens is 2. The summed E-state index contributed by atoms with van der Waals surface area (Å²) in [4.78, 5) is 12.1. The minimum atomic E-state index is -0.208. The lowest BCUT2D eigenvalue weighted by molar-refractivity contribution is -0.121. The summed E-state index contributed by atoms with van der Waals surface area (Å²) < 4.78 is 1.88. The molecule has 3 aromatic rings. The number of benzene rings is 2. The van der Waals surface area contributed by atoms with E-state index in [9.17, 15) is 4.79 Å². The van der Waals surface area contributed by atoms with Crippen molar-refractivity contribution in [1.82, 2.24) is 9.99 Å². The van der Waals surface area contributed by atoms with Crippen LogP contribution >= 0.6 is 23.2 Å². The van der Waals surface area contributed by atoms with E-state index in [1.54, 1.807) is 25.1 Å². The van der Waals surface area contributed by atoms with Gasteiger partial charge in [0.15, 0.2) is 0 Å². The van der Waals surface area contributed by atoms with Gasteiger partial charge < -0.3 is 4.57 Å². The summed E-state index contributed by atoms with van der Waals surface area (Å²) in [6.07, 6.45) is 1.89. The van der Waals surface area contributed by atoms with Gasteiger partial charge in [0.2, 0.25) is 0 Å². The molecule has 6 heteroatoms. The predicted molar refractivity (Wildman–Crippen MR) is 98.8 cm³/mol. The summed E-state index contributed by atoms with van der Waals surface area (Å²) in [6, 6.07) is 15.0. The molecule has 1 N–H and O–H groups in total. The number of carbonyl (C=O) groups excluding carboxylic acids is 1. The first kappa shape index (κ1) is 16.6.